The van der Waals surface area contributed by atoms with E-state index in [1.165, 1.54) is 17.3 Å². The monoisotopic (exact) mass is 378 g/mol. The van der Waals surface area contributed by atoms with Crippen molar-refractivity contribution < 1.29 is 4.79 Å². The molecule has 0 aliphatic carbocycles. The van der Waals surface area contributed by atoms with Crippen LogP contribution in [0.15, 0.2) is 65.7 Å². The van der Waals surface area contributed by atoms with Crippen molar-refractivity contribution >= 4 is 28.6 Å². The smallest absolute Gasteiger partial charge is 0.230 e. The predicted molar refractivity (Wildman–Crippen MR) is 114 cm³/mol. The number of carbonyl (C=O) groups excluding carboxylic acids is 1. The molecule has 1 N–H and O–H groups in total. The lowest BCUT2D eigenvalue weighted by atomic mass is 10.00. The minimum Gasteiger partial charge on any atom is -0.349 e. The Hall–Kier alpha value is -2.33. The summed E-state index contributed by atoms with van der Waals surface area (Å²) in [5.41, 5.74) is 3.42. The number of pyridine rings is 1. The number of thioether (sulfide) groups is 1. The number of benzene rings is 2. The zero-order valence-electron chi connectivity index (χ0n) is 16.1. The molecule has 3 rings (SSSR count). The number of nitrogens with one attached hydrogen (secondary N) is 1. The first-order valence-electron chi connectivity index (χ1n) is 9.38. The Bertz CT molecular complexity index is 906. The van der Waals surface area contributed by atoms with Gasteiger partial charge in [0.25, 0.3) is 0 Å². The van der Waals surface area contributed by atoms with Crippen LogP contribution in [0.5, 0.6) is 0 Å². The minimum absolute atomic E-state index is 0.00392. The quantitative estimate of drug-likeness (QED) is 0.560. The van der Waals surface area contributed by atoms with Gasteiger partial charge >= 0.3 is 0 Å². The van der Waals surface area contributed by atoms with Gasteiger partial charge in [-0.3, -0.25) is 4.79 Å². The molecular weight excluding hydrogens is 352 g/mol. The fraction of sp³-hybridized carbons (Fsp3) is 0.304. The summed E-state index contributed by atoms with van der Waals surface area (Å²) >= 11 is 1.47. The van der Waals surface area contributed by atoms with Gasteiger partial charge in [0.1, 0.15) is 0 Å². The van der Waals surface area contributed by atoms with Gasteiger partial charge in [-0.15, -0.1) is 0 Å². The van der Waals surface area contributed by atoms with E-state index >= 15 is 0 Å². The Labute approximate surface area is 165 Å². The number of hydrogen-bond donors (Lipinski definition) is 1. The lowest BCUT2D eigenvalue weighted by molar-refractivity contribution is -0.119. The molecule has 27 heavy (non-hydrogen) atoms. The first-order chi connectivity index (χ1) is 13.0. The lowest BCUT2D eigenvalue weighted by Crippen LogP contribution is -2.28. The zero-order chi connectivity index (χ0) is 19.2. The number of nitrogens with zero attached hydrogens (tertiary/aromatic N) is 1. The Balaban J connectivity index is 1.53. The van der Waals surface area contributed by atoms with Gasteiger partial charge in [-0.1, -0.05) is 74.1 Å². The second kappa shape index (κ2) is 9.05. The molecule has 3 nitrogen and oxygen atoms in total. The van der Waals surface area contributed by atoms with Crippen LogP contribution in [0, 0.1) is 5.92 Å². The van der Waals surface area contributed by atoms with Crippen molar-refractivity contribution in [3.05, 3.63) is 71.8 Å². The standard InChI is InChI=1S/C23H26N2OS/c1-16(2)14-18-8-10-19(11-9-18)17(3)24-22(26)15-27-23-13-12-20-6-4-5-7-21(20)25-23/h4-13,16-17H,14-15H2,1-3H3,(H,24,26)/t17-/m0/s1. The van der Waals surface area contributed by atoms with Gasteiger partial charge in [0.2, 0.25) is 5.91 Å². The summed E-state index contributed by atoms with van der Waals surface area (Å²) in [5, 5.41) is 5.06. The van der Waals surface area contributed by atoms with Crippen LogP contribution in [0.4, 0.5) is 0 Å². The lowest BCUT2D eigenvalue weighted by Gasteiger charge is -2.15. The number of amides is 1. The Kier molecular flexibility index (Phi) is 6.51. The maximum absolute atomic E-state index is 12.3. The summed E-state index contributed by atoms with van der Waals surface area (Å²) in [5.74, 6) is 1.03. The zero-order valence-corrected chi connectivity index (χ0v) is 16.9. The van der Waals surface area contributed by atoms with Gasteiger partial charge in [-0.2, -0.15) is 0 Å². The largest absolute Gasteiger partial charge is 0.349 e. The molecule has 1 aromatic heterocycles. The van der Waals surface area contributed by atoms with Crippen molar-refractivity contribution in [3.8, 4) is 0 Å². The molecule has 0 aliphatic rings. The van der Waals surface area contributed by atoms with Gasteiger partial charge in [-0.25, -0.2) is 4.98 Å². The number of hydrogen-bond acceptors (Lipinski definition) is 3. The predicted octanol–water partition coefficient (Wildman–Crippen LogP) is 5.40. The average Bonchev–Trinajstić information content (AvgIpc) is 2.66. The van der Waals surface area contributed by atoms with Crippen molar-refractivity contribution in [2.24, 2.45) is 5.92 Å². The molecule has 0 bridgehead atoms. The summed E-state index contributed by atoms with van der Waals surface area (Å²) in [6, 6.07) is 20.6. The van der Waals surface area contributed by atoms with Gasteiger partial charge in [-0.05, 0) is 42.5 Å². The molecular formula is C23H26N2OS. The minimum atomic E-state index is -0.00392. The first-order valence-corrected chi connectivity index (χ1v) is 10.4. The summed E-state index contributed by atoms with van der Waals surface area (Å²) in [7, 11) is 0. The Morgan fingerprint density at radius 3 is 2.48 bits per heavy atom. The van der Waals surface area contributed by atoms with E-state index in [0.29, 0.717) is 11.7 Å². The van der Waals surface area contributed by atoms with Crippen LogP contribution in [-0.2, 0) is 11.2 Å². The first kappa shape index (κ1) is 19.4. The third kappa shape index (κ3) is 5.57. The highest BCUT2D eigenvalue weighted by Crippen LogP contribution is 2.20. The van der Waals surface area contributed by atoms with E-state index in [1.807, 2.05) is 43.3 Å². The molecule has 0 unspecified atom stereocenters. The van der Waals surface area contributed by atoms with Crippen molar-refractivity contribution in [2.45, 2.75) is 38.3 Å². The number of rotatable bonds is 7. The highest BCUT2D eigenvalue weighted by Gasteiger charge is 2.11. The van der Waals surface area contributed by atoms with Crippen molar-refractivity contribution in [3.63, 3.8) is 0 Å². The summed E-state index contributed by atoms with van der Waals surface area (Å²) < 4.78 is 0. The van der Waals surface area contributed by atoms with Crippen LogP contribution in [0.25, 0.3) is 10.9 Å². The fourth-order valence-electron chi connectivity index (χ4n) is 3.05. The molecule has 2 aromatic carbocycles. The van der Waals surface area contributed by atoms with Gasteiger partial charge in [0, 0.05) is 5.39 Å². The van der Waals surface area contributed by atoms with E-state index in [-0.39, 0.29) is 11.9 Å². The second-order valence-corrected chi connectivity index (χ2v) is 8.26. The molecule has 140 valence electrons. The van der Waals surface area contributed by atoms with E-state index in [1.54, 1.807) is 0 Å². The molecule has 0 saturated carbocycles. The fourth-order valence-corrected chi connectivity index (χ4v) is 3.74. The second-order valence-electron chi connectivity index (χ2n) is 7.26. The highest BCUT2D eigenvalue weighted by molar-refractivity contribution is 7.99. The van der Waals surface area contributed by atoms with E-state index in [4.69, 9.17) is 0 Å². The molecule has 4 heteroatoms. The van der Waals surface area contributed by atoms with Crippen LogP contribution < -0.4 is 5.32 Å². The Morgan fingerprint density at radius 2 is 1.74 bits per heavy atom. The Morgan fingerprint density at radius 1 is 1.00 bits per heavy atom. The molecule has 1 amide bonds. The van der Waals surface area contributed by atoms with Crippen molar-refractivity contribution in [2.75, 3.05) is 5.75 Å². The van der Waals surface area contributed by atoms with Crippen LogP contribution in [0.1, 0.15) is 37.9 Å². The molecule has 3 aromatic rings. The van der Waals surface area contributed by atoms with Crippen LogP contribution in [0.2, 0.25) is 0 Å². The molecule has 0 spiro atoms. The molecule has 0 saturated heterocycles. The maximum Gasteiger partial charge on any atom is 0.230 e. The third-order valence-electron chi connectivity index (χ3n) is 4.43. The van der Waals surface area contributed by atoms with Crippen LogP contribution in [0.3, 0.4) is 0 Å². The number of carbonyl (C=O) groups is 1. The number of fused-ring (bicyclic) bond motifs is 1. The molecule has 0 fully saturated rings. The van der Waals surface area contributed by atoms with Gasteiger partial charge in [0.05, 0.1) is 22.3 Å². The van der Waals surface area contributed by atoms with Crippen LogP contribution in [-0.4, -0.2) is 16.6 Å². The molecule has 1 heterocycles. The van der Waals surface area contributed by atoms with E-state index < -0.39 is 0 Å². The van der Waals surface area contributed by atoms with Gasteiger partial charge in [0.15, 0.2) is 0 Å². The maximum atomic E-state index is 12.3. The van der Waals surface area contributed by atoms with E-state index in [0.717, 1.165) is 27.9 Å². The number of para-hydroxylation sites is 1. The molecule has 0 radical (unpaired) electrons. The summed E-state index contributed by atoms with van der Waals surface area (Å²) in [6.45, 7) is 6.46. The number of aromatic nitrogens is 1. The van der Waals surface area contributed by atoms with E-state index in [9.17, 15) is 4.79 Å². The average molecular weight is 379 g/mol. The SMILES string of the molecule is CC(C)Cc1ccc([C@H](C)NC(=O)CSc2ccc3ccccc3n2)cc1. The molecule has 0 aliphatic heterocycles. The van der Waals surface area contributed by atoms with Crippen molar-refractivity contribution in [1.82, 2.24) is 10.3 Å². The summed E-state index contributed by atoms with van der Waals surface area (Å²) in [4.78, 5) is 16.9. The summed E-state index contributed by atoms with van der Waals surface area (Å²) in [6.07, 6.45) is 1.08. The van der Waals surface area contributed by atoms with Crippen molar-refractivity contribution in [1.29, 1.82) is 0 Å². The highest BCUT2D eigenvalue weighted by atomic mass is 32.2. The normalized spacial score (nSPS) is 12.3. The van der Waals surface area contributed by atoms with E-state index in [2.05, 4.69) is 48.4 Å². The van der Waals surface area contributed by atoms with Gasteiger partial charge < -0.3 is 5.32 Å². The third-order valence-corrected chi connectivity index (χ3v) is 5.35. The topological polar surface area (TPSA) is 42.0 Å². The molecule has 1 atom stereocenters. The van der Waals surface area contributed by atoms with Crippen LogP contribution >= 0.6 is 11.8 Å².